The molecule has 2 aliphatic heterocycles. The summed E-state index contributed by atoms with van der Waals surface area (Å²) >= 11 is 0. The third-order valence-corrected chi connectivity index (χ3v) is 7.38. The number of ether oxygens (including phenoxy) is 1. The number of anilines is 2. The van der Waals surface area contributed by atoms with Gasteiger partial charge in [-0.1, -0.05) is 6.07 Å². The summed E-state index contributed by atoms with van der Waals surface area (Å²) in [5, 5.41) is 14.1. The molecule has 0 radical (unpaired) electrons. The summed E-state index contributed by atoms with van der Waals surface area (Å²) < 4.78 is 20.8. The van der Waals surface area contributed by atoms with Crippen LogP contribution in [0.5, 0.6) is 5.88 Å². The van der Waals surface area contributed by atoms with E-state index in [-0.39, 0.29) is 0 Å². The van der Waals surface area contributed by atoms with Crippen molar-refractivity contribution in [1.29, 1.82) is 5.26 Å². The van der Waals surface area contributed by atoms with Gasteiger partial charge in [-0.3, -0.25) is 4.90 Å². The van der Waals surface area contributed by atoms with Crippen LogP contribution in [0.4, 0.5) is 15.9 Å². The Balaban J connectivity index is 1.19. The Labute approximate surface area is 220 Å². The van der Waals surface area contributed by atoms with E-state index in [1.807, 2.05) is 47.8 Å². The van der Waals surface area contributed by atoms with Gasteiger partial charge in [0.25, 0.3) is 0 Å². The maximum Gasteiger partial charge on any atom is 0.212 e. The molecule has 0 saturated carbocycles. The van der Waals surface area contributed by atoms with Gasteiger partial charge in [0, 0.05) is 75.4 Å². The lowest BCUT2D eigenvalue weighted by atomic mass is 10.0. The number of pyridine rings is 3. The summed E-state index contributed by atoms with van der Waals surface area (Å²) in [6.07, 6.45) is 6.89. The van der Waals surface area contributed by atoms with Crippen LogP contribution >= 0.6 is 0 Å². The number of alkyl halides is 1. The van der Waals surface area contributed by atoms with Crippen molar-refractivity contribution < 1.29 is 9.13 Å². The van der Waals surface area contributed by atoms with Crippen molar-refractivity contribution in [3.63, 3.8) is 0 Å². The molecule has 9 nitrogen and oxygen atoms in total. The first-order valence-electron chi connectivity index (χ1n) is 12.8. The van der Waals surface area contributed by atoms with Crippen molar-refractivity contribution in [1.82, 2.24) is 24.5 Å². The van der Waals surface area contributed by atoms with Gasteiger partial charge in [-0.05, 0) is 30.2 Å². The van der Waals surface area contributed by atoms with Gasteiger partial charge < -0.3 is 14.5 Å². The second kappa shape index (κ2) is 10.3. The average Bonchev–Trinajstić information content (AvgIpc) is 3.59. The maximum absolute atomic E-state index is 13.9. The van der Waals surface area contributed by atoms with E-state index in [9.17, 15) is 9.65 Å². The van der Waals surface area contributed by atoms with Crippen molar-refractivity contribution in [2.24, 2.45) is 0 Å². The van der Waals surface area contributed by atoms with E-state index in [0.717, 1.165) is 60.9 Å². The molecule has 1 unspecified atom stereocenters. The molecule has 1 atom stereocenters. The van der Waals surface area contributed by atoms with E-state index in [2.05, 4.69) is 32.0 Å². The minimum absolute atomic E-state index is 0.371. The predicted molar refractivity (Wildman–Crippen MR) is 143 cm³/mol. The molecule has 2 saturated heterocycles. The van der Waals surface area contributed by atoms with E-state index in [4.69, 9.17) is 9.72 Å². The SMILES string of the molecule is COc1ccc(CN2CCN(c3ccc(-c4cc(N5CCC(F)C5)cn5ncc(C#N)c45)cn3)CC2)cn1. The Hall–Kier alpha value is -4.23. The lowest BCUT2D eigenvalue weighted by molar-refractivity contribution is 0.249. The molecule has 10 heteroatoms. The monoisotopic (exact) mass is 512 g/mol. The van der Waals surface area contributed by atoms with Crippen LogP contribution in [0, 0.1) is 11.3 Å². The largest absolute Gasteiger partial charge is 0.481 e. The van der Waals surface area contributed by atoms with Gasteiger partial charge in [-0.15, -0.1) is 0 Å². The molecular formula is C28H29FN8O. The second-order valence-electron chi connectivity index (χ2n) is 9.78. The second-order valence-corrected chi connectivity index (χ2v) is 9.78. The van der Waals surface area contributed by atoms with Crippen molar-refractivity contribution in [3.8, 4) is 23.1 Å². The number of fused-ring (bicyclic) bond motifs is 1. The third kappa shape index (κ3) is 4.73. The number of nitriles is 1. The Bertz CT molecular complexity index is 1460. The highest BCUT2D eigenvalue weighted by atomic mass is 19.1. The zero-order valence-corrected chi connectivity index (χ0v) is 21.3. The number of methoxy groups -OCH3 is 1. The van der Waals surface area contributed by atoms with Crippen LogP contribution in [0.3, 0.4) is 0 Å². The number of aromatic nitrogens is 4. The molecule has 2 fully saturated rings. The van der Waals surface area contributed by atoms with Crippen molar-refractivity contribution in [3.05, 3.63) is 66.2 Å². The lowest BCUT2D eigenvalue weighted by Crippen LogP contribution is -2.46. The van der Waals surface area contributed by atoms with Crippen molar-refractivity contribution in [2.45, 2.75) is 19.1 Å². The van der Waals surface area contributed by atoms with E-state index >= 15 is 0 Å². The fourth-order valence-corrected chi connectivity index (χ4v) is 5.29. The molecule has 194 valence electrons. The van der Waals surface area contributed by atoms with Gasteiger partial charge in [0.2, 0.25) is 5.88 Å². The number of halogens is 1. The van der Waals surface area contributed by atoms with Crippen molar-refractivity contribution in [2.75, 3.05) is 56.2 Å². The molecule has 6 heterocycles. The first-order valence-corrected chi connectivity index (χ1v) is 12.8. The maximum atomic E-state index is 13.9. The molecule has 38 heavy (non-hydrogen) atoms. The summed E-state index contributed by atoms with van der Waals surface area (Å²) in [5.41, 5.74) is 5.08. The van der Waals surface area contributed by atoms with Gasteiger partial charge in [-0.2, -0.15) is 10.4 Å². The topological polar surface area (TPSA) is 85.8 Å². The van der Waals surface area contributed by atoms with Crippen LogP contribution in [-0.4, -0.2) is 77.0 Å². The summed E-state index contributed by atoms with van der Waals surface area (Å²) in [5.74, 6) is 1.56. The molecule has 4 aromatic rings. The van der Waals surface area contributed by atoms with Gasteiger partial charge in [0.1, 0.15) is 18.1 Å². The van der Waals surface area contributed by atoms with Crippen LogP contribution in [0.15, 0.2) is 55.1 Å². The Morgan fingerprint density at radius 1 is 1.03 bits per heavy atom. The standard InChI is InChI=1S/C28H29FN8O/c1-38-27-5-2-20(14-32-27)17-34-8-10-35(11-9-34)26-4-3-21(15-31-26)25-12-24(36-7-6-23(29)18-36)19-37-28(25)22(13-30)16-33-37/h2-5,12,14-16,19,23H,6-11,17-18H2,1H3. The minimum atomic E-state index is -0.823. The Kier molecular flexibility index (Phi) is 6.52. The molecule has 6 rings (SSSR count). The van der Waals surface area contributed by atoms with E-state index in [1.54, 1.807) is 17.8 Å². The fourth-order valence-electron chi connectivity index (χ4n) is 5.29. The third-order valence-electron chi connectivity index (χ3n) is 7.38. The summed E-state index contributed by atoms with van der Waals surface area (Å²) in [6.45, 7) is 5.53. The Morgan fingerprint density at radius 3 is 2.55 bits per heavy atom. The minimum Gasteiger partial charge on any atom is -0.481 e. The number of nitrogens with zero attached hydrogens (tertiary/aromatic N) is 8. The zero-order chi connectivity index (χ0) is 26.1. The number of hydrogen-bond donors (Lipinski definition) is 0. The summed E-state index contributed by atoms with van der Waals surface area (Å²) in [4.78, 5) is 15.8. The molecule has 0 N–H and O–H groups in total. The molecule has 0 aliphatic carbocycles. The quantitative estimate of drug-likeness (QED) is 0.388. The predicted octanol–water partition coefficient (Wildman–Crippen LogP) is 3.54. The summed E-state index contributed by atoms with van der Waals surface area (Å²) in [7, 11) is 1.62. The van der Waals surface area contributed by atoms with Crippen molar-refractivity contribution >= 4 is 17.0 Å². The molecule has 0 amide bonds. The normalized spacial score (nSPS) is 18.2. The van der Waals surface area contributed by atoms with Crippen LogP contribution in [-0.2, 0) is 6.54 Å². The van der Waals surface area contributed by atoms with Crippen LogP contribution in [0.1, 0.15) is 17.5 Å². The first kappa shape index (κ1) is 24.1. The van der Waals surface area contributed by atoms with Crippen LogP contribution in [0.25, 0.3) is 16.6 Å². The number of hydrogen-bond acceptors (Lipinski definition) is 8. The number of rotatable bonds is 6. The van der Waals surface area contributed by atoms with E-state index in [1.165, 1.54) is 5.56 Å². The highest BCUT2D eigenvalue weighted by molar-refractivity contribution is 5.86. The fraction of sp³-hybridized carbons (Fsp3) is 0.357. The highest BCUT2D eigenvalue weighted by Gasteiger charge is 2.24. The van der Waals surface area contributed by atoms with Gasteiger partial charge in [0.15, 0.2) is 0 Å². The van der Waals surface area contributed by atoms with Crippen LogP contribution in [0.2, 0.25) is 0 Å². The molecule has 2 aliphatic rings. The van der Waals surface area contributed by atoms with Gasteiger partial charge >= 0.3 is 0 Å². The highest BCUT2D eigenvalue weighted by Crippen LogP contribution is 2.33. The first-order chi connectivity index (χ1) is 18.6. The average molecular weight is 513 g/mol. The van der Waals surface area contributed by atoms with E-state index in [0.29, 0.717) is 31.0 Å². The molecule has 4 aromatic heterocycles. The summed E-state index contributed by atoms with van der Waals surface area (Å²) in [6, 6.07) is 12.3. The number of piperazine rings is 1. The molecule has 0 aromatic carbocycles. The van der Waals surface area contributed by atoms with Gasteiger partial charge in [-0.25, -0.2) is 18.9 Å². The molecule has 0 bridgehead atoms. The molecule has 0 spiro atoms. The van der Waals surface area contributed by atoms with Crippen LogP contribution < -0.4 is 14.5 Å². The molecular weight excluding hydrogens is 483 g/mol. The lowest BCUT2D eigenvalue weighted by Gasteiger charge is -2.35. The van der Waals surface area contributed by atoms with E-state index < -0.39 is 6.17 Å². The Morgan fingerprint density at radius 2 is 1.89 bits per heavy atom. The van der Waals surface area contributed by atoms with Gasteiger partial charge in [0.05, 0.1) is 36.3 Å². The smallest absolute Gasteiger partial charge is 0.212 e. The zero-order valence-electron chi connectivity index (χ0n) is 21.3.